The molecule has 1 heterocycles. The standard InChI is InChI=1S/C22H22N2O9/c1-7-8-5-4-6-9(25)11(8)17(28)18-10(7)15(26)13-14(24(2)3)16(27)12(20(23)30)19(29)22(13,32)21(31)33-18/h4-6,10,13-15,25-26,28-29,32H,1H2,2-3H3,(H2,23,30)/t10-,13+,14-,15-,22+/m0/s1. The van der Waals surface area contributed by atoms with Crippen molar-refractivity contribution in [3.05, 3.63) is 53.0 Å². The summed E-state index contributed by atoms with van der Waals surface area (Å²) in [6, 6.07) is 2.77. The number of aromatic hydroxyl groups is 1. The lowest BCUT2D eigenvalue weighted by Crippen LogP contribution is -2.65. The molecule has 0 spiro atoms. The van der Waals surface area contributed by atoms with Crippen molar-refractivity contribution >= 4 is 29.0 Å². The summed E-state index contributed by atoms with van der Waals surface area (Å²) in [6.45, 7) is 3.91. The number of phenols is 1. The molecule has 174 valence electrons. The number of hydrogen-bond acceptors (Lipinski definition) is 10. The Morgan fingerprint density at radius 3 is 2.42 bits per heavy atom. The van der Waals surface area contributed by atoms with Crippen molar-refractivity contribution in [2.75, 3.05) is 14.1 Å². The van der Waals surface area contributed by atoms with Crippen LogP contribution in [0, 0.1) is 11.8 Å². The topological polar surface area (TPSA) is 191 Å². The molecule has 33 heavy (non-hydrogen) atoms. The highest BCUT2D eigenvalue weighted by molar-refractivity contribution is 6.23. The van der Waals surface area contributed by atoms with E-state index in [0.29, 0.717) is 0 Å². The smallest absolute Gasteiger partial charge is 0.351 e. The summed E-state index contributed by atoms with van der Waals surface area (Å²) in [5.41, 5.74) is 1.42. The van der Waals surface area contributed by atoms with E-state index in [1.165, 1.54) is 37.2 Å². The maximum Gasteiger partial charge on any atom is 0.351 e. The van der Waals surface area contributed by atoms with E-state index in [1.807, 2.05) is 0 Å². The van der Waals surface area contributed by atoms with Crippen LogP contribution in [0.15, 0.2) is 41.9 Å². The Labute approximate surface area is 187 Å². The van der Waals surface area contributed by atoms with Gasteiger partial charge in [0.1, 0.15) is 11.3 Å². The van der Waals surface area contributed by atoms with Crippen LogP contribution in [0.1, 0.15) is 11.1 Å². The van der Waals surface area contributed by atoms with E-state index >= 15 is 0 Å². The molecule has 11 heteroatoms. The van der Waals surface area contributed by atoms with E-state index in [9.17, 15) is 39.9 Å². The minimum atomic E-state index is -3.06. The van der Waals surface area contributed by atoms with Crippen LogP contribution in [0.4, 0.5) is 0 Å². The summed E-state index contributed by atoms with van der Waals surface area (Å²) in [5.74, 6) is -9.99. The summed E-state index contributed by atoms with van der Waals surface area (Å²) in [7, 11) is 2.81. The minimum Gasteiger partial charge on any atom is -0.508 e. The SMILES string of the molecule is C=C1c2cccc(O)c2C(O)=C2OC(=O)[C@]3(O)C(O)=C(C(N)=O)C(=O)[C@@H](N(C)C)[C@@H]3[C@@H](O)[C@H]12. The number of primary amides is 1. The van der Waals surface area contributed by atoms with E-state index in [1.54, 1.807) is 0 Å². The third kappa shape index (κ3) is 2.76. The number of ether oxygens (including phenoxy) is 1. The van der Waals surface area contributed by atoms with E-state index in [4.69, 9.17) is 10.5 Å². The van der Waals surface area contributed by atoms with Crippen molar-refractivity contribution in [1.82, 2.24) is 4.90 Å². The summed E-state index contributed by atoms with van der Waals surface area (Å²) in [5, 5.41) is 54.6. The maximum absolute atomic E-state index is 13.2. The first kappa shape index (κ1) is 22.5. The van der Waals surface area contributed by atoms with Gasteiger partial charge in [-0.15, -0.1) is 0 Å². The number of Topliss-reactive ketones (excluding diaryl/α,β-unsaturated/α-hetero) is 1. The molecular weight excluding hydrogens is 436 g/mol. The first-order valence-corrected chi connectivity index (χ1v) is 9.87. The number of rotatable bonds is 2. The van der Waals surface area contributed by atoms with Gasteiger partial charge in [0.25, 0.3) is 5.91 Å². The predicted molar refractivity (Wildman–Crippen MR) is 112 cm³/mol. The summed E-state index contributed by atoms with van der Waals surface area (Å²) < 4.78 is 5.25. The van der Waals surface area contributed by atoms with Crippen LogP contribution < -0.4 is 5.73 Å². The van der Waals surface area contributed by atoms with Crippen molar-refractivity contribution in [2.45, 2.75) is 17.7 Å². The first-order chi connectivity index (χ1) is 15.3. The number of aliphatic hydroxyl groups is 4. The molecule has 1 aromatic carbocycles. The van der Waals surface area contributed by atoms with Crippen molar-refractivity contribution in [2.24, 2.45) is 17.6 Å². The highest BCUT2D eigenvalue weighted by Gasteiger charge is 2.66. The highest BCUT2D eigenvalue weighted by atomic mass is 16.6. The zero-order valence-corrected chi connectivity index (χ0v) is 17.6. The molecule has 1 amide bonds. The molecule has 11 nitrogen and oxygen atoms in total. The third-order valence-electron chi connectivity index (χ3n) is 6.48. The Kier molecular flexibility index (Phi) is 4.89. The van der Waals surface area contributed by atoms with Gasteiger partial charge in [-0.1, -0.05) is 18.7 Å². The van der Waals surface area contributed by atoms with Gasteiger partial charge in [0.15, 0.2) is 23.1 Å². The summed E-state index contributed by atoms with van der Waals surface area (Å²) >= 11 is 0. The Morgan fingerprint density at radius 1 is 1.21 bits per heavy atom. The molecule has 0 radical (unpaired) electrons. The van der Waals surface area contributed by atoms with Crippen LogP contribution >= 0.6 is 0 Å². The second kappa shape index (κ2) is 7.17. The zero-order chi connectivity index (χ0) is 24.6. The number of benzene rings is 1. The van der Waals surface area contributed by atoms with E-state index in [-0.39, 0.29) is 22.4 Å². The first-order valence-electron chi connectivity index (χ1n) is 9.87. The summed E-state index contributed by atoms with van der Waals surface area (Å²) in [4.78, 5) is 39.4. The van der Waals surface area contributed by atoms with Gasteiger partial charge in [0.2, 0.25) is 5.60 Å². The van der Waals surface area contributed by atoms with Crippen molar-refractivity contribution in [3.8, 4) is 5.75 Å². The molecule has 0 saturated carbocycles. The third-order valence-corrected chi connectivity index (χ3v) is 6.48. The molecule has 0 bridgehead atoms. The highest BCUT2D eigenvalue weighted by Crippen LogP contribution is 2.52. The number of amides is 1. The van der Waals surface area contributed by atoms with Gasteiger partial charge >= 0.3 is 5.97 Å². The van der Waals surface area contributed by atoms with Crippen LogP contribution in [-0.4, -0.2) is 79.9 Å². The fourth-order valence-electron chi connectivity index (χ4n) is 4.98. The Morgan fingerprint density at radius 2 is 1.85 bits per heavy atom. The van der Waals surface area contributed by atoms with E-state index in [2.05, 4.69) is 6.58 Å². The van der Waals surface area contributed by atoms with Crippen LogP contribution in [0.25, 0.3) is 11.3 Å². The molecule has 0 unspecified atom stereocenters. The van der Waals surface area contributed by atoms with Crippen LogP contribution in [0.3, 0.4) is 0 Å². The summed E-state index contributed by atoms with van der Waals surface area (Å²) in [6.07, 6.45) is -1.82. The van der Waals surface area contributed by atoms with Gasteiger partial charge < -0.3 is 36.0 Å². The van der Waals surface area contributed by atoms with Gasteiger partial charge in [-0.3, -0.25) is 14.5 Å². The predicted octanol–water partition coefficient (Wildman–Crippen LogP) is -0.663. The molecular formula is C22H22N2O9. The lowest BCUT2D eigenvalue weighted by molar-refractivity contribution is -0.174. The second-order valence-corrected chi connectivity index (χ2v) is 8.45. The minimum absolute atomic E-state index is 0.108. The van der Waals surface area contributed by atoms with Crippen molar-refractivity contribution in [1.29, 1.82) is 0 Å². The van der Waals surface area contributed by atoms with Gasteiger partial charge in [-0.25, -0.2) is 4.79 Å². The number of phenolic OH excluding ortho intramolecular Hbond substituents is 1. The second-order valence-electron chi connectivity index (χ2n) is 8.45. The number of aliphatic hydroxyl groups excluding tert-OH is 3. The average Bonchev–Trinajstić information content (AvgIpc) is 2.81. The quantitative estimate of drug-likeness (QED) is 0.245. The molecule has 1 aliphatic heterocycles. The number of carbonyl (C=O) groups excluding carboxylic acids is 3. The Bertz CT molecular complexity index is 1200. The number of esters is 1. The number of hydrogen-bond donors (Lipinski definition) is 6. The molecule has 5 atom stereocenters. The molecule has 2 aliphatic carbocycles. The largest absolute Gasteiger partial charge is 0.508 e. The van der Waals surface area contributed by atoms with Crippen molar-refractivity contribution in [3.63, 3.8) is 0 Å². The number of nitrogens with zero attached hydrogens (tertiary/aromatic N) is 1. The number of nitrogens with two attached hydrogens (primary N) is 1. The van der Waals surface area contributed by atoms with Crippen molar-refractivity contribution < 1.29 is 44.7 Å². The van der Waals surface area contributed by atoms with Crippen LogP contribution in [-0.2, 0) is 19.1 Å². The van der Waals surface area contributed by atoms with E-state index in [0.717, 1.165) is 0 Å². The molecule has 7 N–H and O–H groups in total. The lowest BCUT2D eigenvalue weighted by Gasteiger charge is -2.45. The Hall–Kier alpha value is -3.67. The zero-order valence-electron chi connectivity index (χ0n) is 17.6. The average molecular weight is 458 g/mol. The number of carbonyl (C=O) groups is 3. The van der Waals surface area contributed by atoms with Gasteiger partial charge in [-0.05, 0) is 31.3 Å². The van der Waals surface area contributed by atoms with Gasteiger partial charge in [-0.2, -0.15) is 0 Å². The van der Waals surface area contributed by atoms with Crippen LogP contribution in [0.5, 0.6) is 5.75 Å². The molecule has 0 aromatic heterocycles. The Balaban J connectivity index is 2.04. The molecule has 3 aliphatic rings. The maximum atomic E-state index is 13.2. The molecule has 1 fully saturated rings. The number of fused-ring (bicyclic) bond motifs is 3. The van der Waals surface area contributed by atoms with E-state index < -0.39 is 70.1 Å². The van der Waals surface area contributed by atoms with Gasteiger partial charge in [0, 0.05) is 0 Å². The molecule has 1 aromatic rings. The van der Waals surface area contributed by atoms with Gasteiger partial charge in [0.05, 0.1) is 29.5 Å². The normalized spacial score (nSPS) is 31.6. The fourth-order valence-corrected chi connectivity index (χ4v) is 4.98. The fraction of sp³-hybridized carbons (Fsp3) is 0.318. The molecule has 4 rings (SSSR count). The molecule has 1 saturated heterocycles. The number of ketones is 1. The van der Waals surface area contributed by atoms with Crippen LogP contribution in [0.2, 0.25) is 0 Å². The lowest BCUT2D eigenvalue weighted by atomic mass is 9.65. The number of likely N-dealkylation sites (N-methyl/N-ethyl adjacent to an activating group) is 1. The monoisotopic (exact) mass is 458 g/mol.